The summed E-state index contributed by atoms with van der Waals surface area (Å²) in [6.45, 7) is 3.58. The highest BCUT2D eigenvalue weighted by Gasteiger charge is 2.35. The average molecular weight is 923 g/mol. The van der Waals surface area contributed by atoms with Crippen LogP contribution in [0, 0.1) is 5.92 Å². The molecule has 63 heavy (non-hydrogen) atoms. The van der Waals surface area contributed by atoms with Gasteiger partial charge in [-0.15, -0.1) is 0 Å². The topological polar surface area (TPSA) is 353 Å². The maximum absolute atomic E-state index is 14.1. The number of amides is 7. The number of rotatable bonds is 28. The molecule has 1 aromatic carbocycles. The van der Waals surface area contributed by atoms with E-state index >= 15 is 0 Å². The van der Waals surface area contributed by atoms with Gasteiger partial charge in [0.15, 0.2) is 0 Å². The van der Waals surface area contributed by atoms with Crippen molar-refractivity contribution in [1.29, 1.82) is 0 Å². The number of H-pyrrole nitrogens is 1. The summed E-state index contributed by atoms with van der Waals surface area (Å²) >= 11 is 5.28. The number of hydrogen-bond acceptors (Lipinski definition) is 14. The molecule has 0 saturated carbocycles. The fourth-order valence-electron chi connectivity index (χ4n) is 5.75. The molecule has 0 aliphatic heterocycles. The van der Waals surface area contributed by atoms with Gasteiger partial charge < -0.3 is 63.3 Å². The number of nitrogens with one attached hydrogen (secondary N) is 8. The predicted molar refractivity (Wildman–Crippen MR) is 233 cm³/mol. The number of imidazole rings is 1. The van der Waals surface area contributed by atoms with E-state index in [9.17, 15) is 58.5 Å². The van der Waals surface area contributed by atoms with Crippen LogP contribution in [0.3, 0.4) is 0 Å². The van der Waals surface area contributed by atoms with Gasteiger partial charge in [-0.3, -0.25) is 38.4 Å². The summed E-state index contributed by atoms with van der Waals surface area (Å²) in [7, 11) is 0. The Morgan fingerprint density at radius 2 is 1.21 bits per heavy atom. The number of hydrogen-bond donors (Lipinski definition) is 13. The van der Waals surface area contributed by atoms with E-state index < -0.39 is 121 Å². The van der Waals surface area contributed by atoms with Crippen LogP contribution in [-0.4, -0.2) is 151 Å². The third kappa shape index (κ3) is 18.7. The molecule has 0 aliphatic rings. The van der Waals surface area contributed by atoms with E-state index in [1.165, 1.54) is 31.2 Å². The van der Waals surface area contributed by atoms with E-state index in [0.717, 1.165) is 0 Å². The molecular weight excluding hydrogens is 865 g/mol. The van der Waals surface area contributed by atoms with Crippen molar-refractivity contribution in [3.05, 3.63) is 54.1 Å². The Morgan fingerprint density at radius 1 is 0.698 bits per heavy atom. The number of aliphatic hydroxyl groups excluding tert-OH is 1. The van der Waals surface area contributed by atoms with E-state index in [4.69, 9.17) is 5.73 Å². The van der Waals surface area contributed by atoms with Crippen molar-refractivity contribution in [3.8, 4) is 0 Å². The zero-order valence-corrected chi connectivity index (χ0v) is 37.0. The first-order valence-corrected chi connectivity index (χ1v) is 21.9. The Bertz CT molecular complexity index is 1860. The lowest BCUT2D eigenvalue weighted by Crippen LogP contribution is -2.61. The van der Waals surface area contributed by atoms with Crippen LogP contribution in [0.2, 0.25) is 0 Å². The molecule has 1 aromatic heterocycles. The lowest BCUT2D eigenvalue weighted by atomic mass is 10.0. The highest BCUT2D eigenvalue weighted by atomic mass is 32.2. The summed E-state index contributed by atoms with van der Waals surface area (Å²) in [4.78, 5) is 124. The molecule has 2 rings (SSSR count). The van der Waals surface area contributed by atoms with E-state index in [0.29, 0.717) is 17.0 Å². The minimum absolute atomic E-state index is 0.0328. The molecule has 0 unspecified atom stereocenters. The maximum Gasteiger partial charge on any atom is 0.327 e. The number of aromatic amines is 1. The molecule has 7 amide bonds. The van der Waals surface area contributed by atoms with E-state index in [2.05, 4.69) is 59.8 Å². The van der Waals surface area contributed by atoms with E-state index in [-0.39, 0.29) is 31.4 Å². The summed E-state index contributed by atoms with van der Waals surface area (Å²) in [5.41, 5.74) is 6.63. The lowest BCUT2D eigenvalue weighted by Gasteiger charge is -2.28. The largest absolute Gasteiger partial charge is 0.481 e. The number of aliphatic hydroxyl groups is 1. The number of carbonyl (C=O) groups excluding carboxylic acids is 7. The monoisotopic (exact) mass is 922 g/mol. The summed E-state index contributed by atoms with van der Waals surface area (Å²) in [5.74, 6) is -9.15. The number of carboxylic acid groups (broad SMARTS) is 2. The number of thioether (sulfide) groups is 1. The Labute approximate surface area is 373 Å². The van der Waals surface area contributed by atoms with Crippen molar-refractivity contribution < 1.29 is 58.5 Å². The smallest absolute Gasteiger partial charge is 0.327 e. The van der Waals surface area contributed by atoms with Gasteiger partial charge in [0, 0.05) is 36.9 Å². The highest BCUT2D eigenvalue weighted by molar-refractivity contribution is 7.98. The third-order valence-electron chi connectivity index (χ3n) is 9.32. The molecule has 2 aromatic rings. The van der Waals surface area contributed by atoms with Crippen molar-refractivity contribution in [2.75, 3.05) is 24.4 Å². The maximum atomic E-state index is 14.1. The van der Waals surface area contributed by atoms with Crippen molar-refractivity contribution in [1.82, 2.24) is 47.2 Å². The number of benzene rings is 1. The summed E-state index contributed by atoms with van der Waals surface area (Å²) in [6, 6.07) is -2.32. The molecule has 0 bridgehead atoms. The zero-order valence-electron chi connectivity index (χ0n) is 35.3. The number of carboxylic acids is 2. The second kappa shape index (κ2) is 27.4. The van der Waals surface area contributed by atoms with Crippen molar-refractivity contribution >= 4 is 77.7 Å². The number of carbonyl (C=O) groups is 9. The Morgan fingerprint density at radius 3 is 1.70 bits per heavy atom. The van der Waals surface area contributed by atoms with Crippen LogP contribution in [-0.2, 0) is 56.0 Å². The number of nitrogens with zero attached hydrogens (tertiary/aromatic N) is 1. The number of aliphatic carboxylic acids is 2. The van der Waals surface area contributed by atoms with Crippen LogP contribution in [0.15, 0.2) is 42.9 Å². The Hall–Kier alpha value is -5.72. The van der Waals surface area contributed by atoms with Gasteiger partial charge in [-0.2, -0.15) is 24.4 Å². The van der Waals surface area contributed by atoms with Gasteiger partial charge in [0.05, 0.1) is 19.0 Å². The third-order valence-corrected chi connectivity index (χ3v) is 10.3. The molecule has 0 radical (unpaired) electrons. The summed E-state index contributed by atoms with van der Waals surface area (Å²) in [5, 5.41) is 46.1. The zero-order chi connectivity index (χ0) is 47.2. The fourth-order valence-corrected chi connectivity index (χ4v) is 6.47. The quantitative estimate of drug-likeness (QED) is 0.0384. The van der Waals surface area contributed by atoms with Gasteiger partial charge in [0.25, 0.3) is 0 Å². The van der Waals surface area contributed by atoms with Crippen LogP contribution in [0.25, 0.3) is 0 Å². The Balaban J connectivity index is 2.39. The van der Waals surface area contributed by atoms with Gasteiger partial charge in [-0.1, -0.05) is 44.2 Å². The summed E-state index contributed by atoms with van der Waals surface area (Å²) in [6.07, 6.45) is 3.37. The molecule has 13 N–H and O–H groups in total. The van der Waals surface area contributed by atoms with Crippen LogP contribution >= 0.6 is 24.4 Å². The standard InChI is InChI=1S/C39H58N10O12S2/c1-20(2)31(38(59)48-29(18-62)39(60)61)49-37(58)28(17-50)47-36(57)27(15-23-16-41-19-42-23)46-34(55)25(12-13-63-4)44-35(56)26(14-22-8-6-5-7-9-22)45-33(54)24(10-11-30(51)52)43-32(53)21(3)40/h5-9,16,19-21,24-29,31,50,62H,10-15,17-18,40H2,1-4H3,(H,41,42)(H,43,53)(H,44,56)(H,45,54)(H,46,55)(H,47,57)(H,48,59)(H,49,58)(H,51,52)(H,60,61)/t21-,24-,25-,26-,27-,28-,29-,31-/m0/s1. The number of aromatic nitrogens is 2. The summed E-state index contributed by atoms with van der Waals surface area (Å²) < 4.78 is 0. The second-order valence-electron chi connectivity index (χ2n) is 14.8. The normalized spacial score (nSPS) is 14.9. The SMILES string of the molecule is CSCC[C@H](NC(=O)[C@H](Cc1ccccc1)NC(=O)[C@H](CCC(=O)O)NC(=O)[C@H](C)N)C(=O)N[C@@H](Cc1cnc[nH]1)C(=O)N[C@@H](CO)C(=O)N[C@H](C(=O)N[C@@H](CS)C(=O)O)C(C)C. The van der Waals surface area contributed by atoms with Crippen molar-refractivity contribution in [2.45, 2.75) is 101 Å². The molecule has 0 aliphatic carbocycles. The van der Waals surface area contributed by atoms with Gasteiger partial charge in [0.1, 0.15) is 42.3 Å². The van der Waals surface area contributed by atoms with Gasteiger partial charge in [-0.05, 0) is 43.3 Å². The van der Waals surface area contributed by atoms with Crippen molar-refractivity contribution in [3.63, 3.8) is 0 Å². The highest BCUT2D eigenvalue weighted by Crippen LogP contribution is 2.10. The second-order valence-corrected chi connectivity index (χ2v) is 16.1. The molecule has 348 valence electrons. The molecular formula is C39H58N10O12S2. The van der Waals surface area contributed by atoms with Gasteiger partial charge in [0.2, 0.25) is 41.4 Å². The molecule has 22 nitrogen and oxygen atoms in total. The Kier molecular flexibility index (Phi) is 23.2. The van der Waals surface area contributed by atoms with Crippen LogP contribution in [0.5, 0.6) is 0 Å². The van der Waals surface area contributed by atoms with Crippen LogP contribution < -0.4 is 43.0 Å². The minimum Gasteiger partial charge on any atom is -0.481 e. The van der Waals surface area contributed by atoms with Gasteiger partial charge >= 0.3 is 11.9 Å². The van der Waals surface area contributed by atoms with Crippen molar-refractivity contribution in [2.24, 2.45) is 11.7 Å². The van der Waals surface area contributed by atoms with E-state index in [1.54, 1.807) is 50.4 Å². The first-order valence-electron chi connectivity index (χ1n) is 19.9. The first-order chi connectivity index (χ1) is 29.8. The first kappa shape index (κ1) is 53.4. The molecule has 0 saturated heterocycles. The predicted octanol–water partition coefficient (Wildman–Crippen LogP) is -2.78. The molecule has 0 fully saturated rings. The lowest BCUT2D eigenvalue weighted by molar-refractivity contribution is -0.142. The molecule has 1 heterocycles. The molecule has 0 spiro atoms. The molecule has 24 heteroatoms. The number of nitrogens with two attached hydrogens (primary N) is 1. The average Bonchev–Trinajstić information content (AvgIpc) is 3.76. The molecule has 8 atom stereocenters. The fraction of sp³-hybridized carbons (Fsp3) is 0.538. The van der Waals surface area contributed by atoms with Crippen LogP contribution in [0.1, 0.15) is 51.3 Å². The minimum atomic E-state index is -1.65. The van der Waals surface area contributed by atoms with E-state index in [1.807, 2.05) is 0 Å². The van der Waals surface area contributed by atoms with Gasteiger partial charge in [-0.25, -0.2) is 9.78 Å². The number of thiol groups is 1. The van der Waals surface area contributed by atoms with Crippen LogP contribution in [0.4, 0.5) is 0 Å².